The minimum absolute atomic E-state index is 0.0563. The van der Waals surface area contributed by atoms with Gasteiger partial charge >= 0.3 is 0 Å². The van der Waals surface area contributed by atoms with Gasteiger partial charge in [0.15, 0.2) is 0 Å². The highest BCUT2D eigenvalue weighted by Gasteiger charge is 2.27. The lowest BCUT2D eigenvalue weighted by Crippen LogP contribution is -2.48. The molecule has 0 radical (unpaired) electrons. The van der Waals surface area contributed by atoms with Gasteiger partial charge in [0.2, 0.25) is 5.91 Å². The first-order chi connectivity index (χ1) is 16.5. The molecule has 176 valence electrons. The van der Waals surface area contributed by atoms with E-state index in [2.05, 4.69) is 27.5 Å². The van der Waals surface area contributed by atoms with Crippen molar-refractivity contribution in [3.63, 3.8) is 0 Å². The van der Waals surface area contributed by atoms with Gasteiger partial charge in [-0.2, -0.15) is 0 Å². The molecular formula is C27H30N4O3. The van der Waals surface area contributed by atoms with Crippen LogP contribution in [0.4, 0.5) is 5.69 Å². The lowest BCUT2D eigenvalue weighted by molar-refractivity contribution is -0.118. The summed E-state index contributed by atoms with van der Waals surface area (Å²) in [6.45, 7) is 2.67. The van der Waals surface area contributed by atoms with Crippen LogP contribution in [0.2, 0.25) is 0 Å². The first-order valence-corrected chi connectivity index (χ1v) is 11.4. The number of hydrogen-bond donors (Lipinski definition) is 2. The molecule has 7 heteroatoms. The van der Waals surface area contributed by atoms with E-state index >= 15 is 0 Å². The first-order valence-electron chi connectivity index (χ1n) is 11.4. The van der Waals surface area contributed by atoms with Crippen molar-refractivity contribution < 1.29 is 14.3 Å². The molecule has 7 nitrogen and oxygen atoms in total. The molecule has 1 heterocycles. The third-order valence-electron chi connectivity index (χ3n) is 5.98. The number of likely N-dealkylation sites (N-methyl/N-ethyl adjacent to an activating group) is 1. The summed E-state index contributed by atoms with van der Waals surface area (Å²) >= 11 is 0. The van der Waals surface area contributed by atoms with Crippen molar-refractivity contribution in [2.45, 2.75) is 6.04 Å². The molecule has 34 heavy (non-hydrogen) atoms. The molecule has 0 spiro atoms. The SMILES string of the molecule is CNC(=O)c1cccc([C@H]2CN(CC(=O)Nc3ccc(Oc4ccccc4)cc3)CCN2C)c1. The fraction of sp³-hybridized carbons (Fsp3) is 0.259. The molecule has 3 aromatic carbocycles. The average molecular weight is 459 g/mol. The average Bonchev–Trinajstić information content (AvgIpc) is 2.86. The largest absolute Gasteiger partial charge is 0.457 e. The molecule has 0 bridgehead atoms. The van der Waals surface area contributed by atoms with Crippen LogP contribution < -0.4 is 15.4 Å². The fourth-order valence-corrected chi connectivity index (χ4v) is 4.10. The van der Waals surface area contributed by atoms with Crippen LogP contribution in [0.1, 0.15) is 22.0 Å². The normalized spacial score (nSPS) is 16.6. The summed E-state index contributed by atoms with van der Waals surface area (Å²) in [4.78, 5) is 29.2. The van der Waals surface area contributed by atoms with Gasteiger partial charge in [-0.05, 0) is 61.1 Å². The van der Waals surface area contributed by atoms with Gasteiger partial charge in [-0.25, -0.2) is 0 Å². The maximum absolute atomic E-state index is 12.7. The number of carbonyl (C=O) groups excluding carboxylic acids is 2. The second-order valence-corrected chi connectivity index (χ2v) is 8.42. The number of benzene rings is 3. The number of nitrogens with zero attached hydrogens (tertiary/aromatic N) is 2. The lowest BCUT2D eigenvalue weighted by Gasteiger charge is -2.39. The number of piperazine rings is 1. The van der Waals surface area contributed by atoms with Crippen LogP contribution in [0, 0.1) is 0 Å². The molecular weight excluding hydrogens is 428 g/mol. The Kier molecular flexibility index (Phi) is 7.57. The van der Waals surface area contributed by atoms with Crippen LogP contribution in [0.5, 0.6) is 11.5 Å². The molecule has 0 aromatic heterocycles. The smallest absolute Gasteiger partial charge is 0.251 e. The Morgan fingerprint density at radius 1 is 0.941 bits per heavy atom. The second kappa shape index (κ2) is 11.0. The van der Waals surface area contributed by atoms with Crippen molar-refractivity contribution >= 4 is 17.5 Å². The van der Waals surface area contributed by atoms with Crippen LogP contribution in [0.3, 0.4) is 0 Å². The Morgan fingerprint density at radius 3 is 2.41 bits per heavy atom. The number of amides is 2. The Hall–Kier alpha value is -3.68. The highest BCUT2D eigenvalue weighted by Crippen LogP contribution is 2.25. The summed E-state index contributed by atoms with van der Waals surface area (Å²) in [5.41, 5.74) is 2.44. The zero-order valence-electron chi connectivity index (χ0n) is 19.5. The number of carbonyl (C=O) groups is 2. The van der Waals surface area contributed by atoms with Gasteiger partial charge in [0, 0.05) is 44.0 Å². The van der Waals surface area contributed by atoms with Gasteiger partial charge in [0.25, 0.3) is 5.91 Å². The Labute approximate surface area is 200 Å². The number of para-hydroxylation sites is 1. The van der Waals surface area contributed by atoms with Crippen LogP contribution in [-0.2, 0) is 4.79 Å². The predicted molar refractivity (Wildman–Crippen MR) is 133 cm³/mol. The van der Waals surface area contributed by atoms with E-state index in [1.807, 2.05) is 78.9 Å². The topological polar surface area (TPSA) is 73.9 Å². The summed E-state index contributed by atoms with van der Waals surface area (Å²) in [7, 11) is 3.71. The van der Waals surface area contributed by atoms with E-state index in [1.54, 1.807) is 7.05 Å². The molecule has 2 amide bonds. The van der Waals surface area contributed by atoms with Crippen LogP contribution in [0.25, 0.3) is 0 Å². The maximum Gasteiger partial charge on any atom is 0.251 e. The van der Waals surface area contributed by atoms with Gasteiger partial charge in [-0.3, -0.25) is 19.4 Å². The van der Waals surface area contributed by atoms with Gasteiger partial charge in [0.05, 0.1) is 6.54 Å². The lowest BCUT2D eigenvalue weighted by atomic mass is 10.00. The van der Waals surface area contributed by atoms with E-state index < -0.39 is 0 Å². The number of anilines is 1. The summed E-state index contributed by atoms with van der Waals surface area (Å²) in [6.07, 6.45) is 0. The Bertz CT molecular complexity index is 1120. The van der Waals surface area contributed by atoms with Crippen LogP contribution in [0.15, 0.2) is 78.9 Å². The Balaban J connectivity index is 1.33. The predicted octanol–water partition coefficient (Wildman–Crippen LogP) is 3.77. The van der Waals surface area contributed by atoms with Gasteiger partial charge in [-0.15, -0.1) is 0 Å². The monoisotopic (exact) mass is 458 g/mol. The Morgan fingerprint density at radius 2 is 1.68 bits per heavy atom. The molecule has 1 atom stereocenters. The van der Waals surface area contributed by atoms with Crippen LogP contribution >= 0.6 is 0 Å². The fourth-order valence-electron chi connectivity index (χ4n) is 4.10. The summed E-state index contributed by atoms with van der Waals surface area (Å²) in [5.74, 6) is 1.32. The van der Waals surface area contributed by atoms with Gasteiger partial charge < -0.3 is 15.4 Å². The number of hydrogen-bond acceptors (Lipinski definition) is 5. The quantitative estimate of drug-likeness (QED) is 0.564. The molecule has 4 rings (SSSR count). The van der Waals surface area contributed by atoms with Gasteiger partial charge in [0.1, 0.15) is 11.5 Å². The molecule has 1 fully saturated rings. The second-order valence-electron chi connectivity index (χ2n) is 8.42. The third kappa shape index (κ3) is 6.01. The standard InChI is InChI=1S/C27H30N4O3/c1-28-27(33)21-8-6-7-20(17-21)25-18-31(16-15-30(25)2)19-26(32)29-22-11-13-24(14-12-22)34-23-9-4-3-5-10-23/h3-14,17,25H,15-16,18-19H2,1-2H3,(H,28,33)(H,29,32)/t25-/m1/s1. The van der Waals surface area contributed by atoms with E-state index in [9.17, 15) is 9.59 Å². The van der Waals surface area contributed by atoms with Crippen molar-refractivity contribution in [1.82, 2.24) is 15.1 Å². The molecule has 0 aliphatic carbocycles. The molecule has 1 saturated heterocycles. The zero-order valence-corrected chi connectivity index (χ0v) is 19.5. The molecule has 0 saturated carbocycles. The summed E-state index contributed by atoms with van der Waals surface area (Å²) in [5, 5.41) is 5.65. The number of ether oxygens (including phenoxy) is 1. The van der Waals surface area contributed by atoms with Gasteiger partial charge in [-0.1, -0.05) is 30.3 Å². The highest BCUT2D eigenvalue weighted by molar-refractivity contribution is 5.94. The number of nitrogens with one attached hydrogen (secondary N) is 2. The van der Waals surface area contributed by atoms with Crippen molar-refractivity contribution in [1.29, 1.82) is 0 Å². The van der Waals surface area contributed by atoms with Crippen molar-refractivity contribution in [3.8, 4) is 11.5 Å². The maximum atomic E-state index is 12.7. The van der Waals surface area contributed by atoms with Crippen molar-refractivity contribution in [2.24, 2.45) is 0 Å². The van der Waals surface area contributed by atoms with E-state index in [1.165, 1.54) is 0 Å². The van der Waals surface area contributed by atoms with E-state index in [0.717, 1.165) is 30.1 Å². The summed E-state index contributed by atoms with van der Waals surface area (Å²) < 4.78 is 5.80. The summed E-state index contributed by atoms with van der Waals surface area (Å²) in [6, 6.07) is 24.7. The van der Waals surface area contributed by atoms with E-state index in [-0.39, 0.29) is 17.9 Å². The molecule has 2 N–H and O–H groups in total. The highest BCUT2D eigenvalue weighted by atomic mass is 16.5. The zero-order chi connectivity index (χ0) is 23.9. The molecule has 0 unspecified atom stereocenters. The molecule has 3 aromatic rings. The molecule has 1 aliphatic heterocycles. The number of rotatable bonds is 7. The minimum Gasteiger partial charge on any atom is -0.457 e. The van der Waals surface area contributed by atoms with Crippen LogP contribution in [-0.4, -0.2) is 61.9 Å². The van der Waals surface area contributed by atoms with E-state index in [0.29, 0.717) is 24.4 Å². The minimum atomic E-state index is -0.100. The first kappa shape index (κ1) is 23.5. The third-order valence-corrected chi connectivity index (χ3v) is 5.98. The molecule has 1 aliphatic rings. The van der Waals surface area contributed by atoms with Crippen molar-refractivity contribution in [3.05, 3.63) is 90.0 Å². The van der Waals surface area contributed by atoms with Crippen molar-refractivity contribution in [2.75, 3.05) is 45.6 Å². The van der Waals surface area contributed by atoms with E-state index in [4.69, 9.17) is 4.74 Å².